The number of anilines is 1. The van der Waals surface area contributed by atoms with Crippen molar-refractivity contribution in [2.24, 2.45) is 0 Å². The van der Waals surface area contributed by atoms with Gasteiger partial charge in [-0.05, 0) is 6.92 Å². The highest BCUT2D eigenvalue weighted by molar-refractivity contribution is 7.89. The quantitative estimate of drug-likeness (QED) is 0.749. The Bertz CT molecular complexity index is 690. The van der Waals surface area contributed by atoms with E-state index in [0.717, 1.165) is 0 Å². The monoisotopic (exact) mass is 300 g/mol. The summed E-state index contributed by atoms with van der Waals surface area (Å²) in [4.78, 5) is 3.96. The van der Waals surface area contributed by atoms with E-state index in [1.165, 1.54) is 10.9 Å². The second-order valence-corrected chi connectivity index (χ2v) is 5.85. The third-order valence-electron chi connectivity index (χ3n) is 2.58. The lowest BCUT2D eigenvalue weighted by Crippen LogP contribution is -2.26. The normalized spacial score (nSPS) is 11.9. The van der Waals surface area contributed by atoms with Gasteiger partial charge in [-0.3, -0.25) is 4.68 Å². The van der Waals surface area contributed by atoms with Crippen molar-refractivity contribution < 1.29 is 12.9 Å². The van der Waals surface area contributed by atoms with Gasteiger partial charge < -0.3 is 10.3 Å². The van der Waals surface area contributed by atoms with Crippen LogP contribution in [0.1, 0.15) is 18.6 Å². The summed E-state index contributed by atoms with van der Waals surface area (Å²) in [5.41, 5.74) is 5.60. The lowest BCUT2D eigenvalue weighted by molar-refractivity contribution is 0.387. The highest BCUT2D eigenvalue weighted by Crippen LogP contribution is 2.15. The van der Waals surface area contributed by atoms with Gasteiger partial charge in [-0.15, -0.1) is 0 Å². The third-order valence-corrected chi connectivity index (χ3v) is 4.06. The molecule has 110 valence electrons. The Hall–Kier alpha value is -1.94. The molecule has 0 atom stereocenters. The largest absolute Gasteiger partial charge is 0.381 e. The summed E-state index contributed by atoms with van der Waals surface area (Å²) >= 11 is 0. The van der Waals surface area contributed by atoms with Crippen LogP contribution in [0.5, 0.6) is 0 Å². The van der Waals surface area contributed by atoms with Crippen molar-refractivity contribution in [3.8, 4) is 0 Å². The first-order valence-corrected chi connectivity index (χ1v) is 7.52. The molecule has 0 radical (unpaired) electrons. The van der Waals surface area contributed by atoms with E-state index in [4.69, 9.17) is 10.3 Å². The van der Waals surface area contributed by atoms with Crippen LogP contribution in [0.4, 0.5) is 5.82 Å². The average Bonchev–Trinajstić information content (AvgIpc) is 2.95. The molecule has 2 aromatic rings. The van der Waals surface area contributed by atoms with Gasteiger partial charge in [0.2, 0.25) is 15.9 Å². The molecule has 0 aliphatic rings. The van der Waals surface area contributed by atoms with Gasteiger partial charge in [-0.2, -0.15) is 10.1 Å². The number of nitrogens with zero attached hydrogens (tertiary/aromatic N) is 4. The minimum Gasteiger partial charge on any atom is -0.381 e. The molecule has 3 N–H and O–H groups in total. The molecule has 0 saturated carbocycles. The van der Waals surface area contributed by atoms with Crippen molar-refractivity contribution in [3.63, 3.8) is 0 Å². The number of aromatic nitrogens is 4. The van der Waals surface area contributed by atoms with Crippen LogP contribution in [0.2, 0.25) is 0 Å². The molecular weight excluding hydrogens is 284 g/mol. The Labute approximate surface area is 116 Å². The van der Waals surface area contributed by atoms with E-state index in [0.29, 0.717) is 24.7 Å². The zero-order chi connectivity index (χ0) is 14.8. The summed E-state index contributed by atoms with van der Waals surface area (Å²) in [6, 6.07) is 0. The molecule has 0 bridgehead atoms. The van der Waals surface area contributed by atoms with Crippen molar-refractivity contribution >= 4 is 15.8 Å². The van der Waals surface area contributed by atoms with E-state index < -0.39 is 10.0 Å². The predicted octanol–water partition coefficient (Wildman–Crippen LogP) is -0.302. The first-order chi connectivity index (χ1) is 9.42. The van der Waals surface area contributed by atoms with Crippen LogP contribution in [0.25, 0.3) is 0 Å². The SMILES string of the molecule is CCn1cc(S(=O)(=O)NCCc2noc(C)n2)c(N)n1. The molecule has 9 nitrogen and oxygen atoms in total. The van der Waals surface area contributed by atoms with Crippen molar-refractivity contribution in [3.05, 3.63) is 17.9 Å². The van der Waals surface area contributed by atoms with Crippen molar-refractivity contribution in [1.29, 1.82) is 0 Å². The van der Waals surface area contributed by atoms with Crippen molar-refractivity contribution in [2.75, 3.05) is 12.3 Å². The van der Waals surface area contributed by atoms with E-state index >= 15 is 0 Å². The number of sulfonamides is 1. The maximum atomic E-state index is 12.1. The summed E-state index contributed by atoms with van der Waals surface area (Å²) in [7, 11) is -3.69. The van der Waals surface area contributed by atoms with E-state index in [9.17, 15) is 8.42 Å². The van der Waals surface area contributed by atoms with Crippen molar-refractivity contribution in [1.82, 2.24) is 24.6 Å². The van der Waals surface area contributed by atoms with E-state index in [1.807, 2.05) is 6.92 Å². The Morgan fingerprint density at radius 2 is 2.25 bits per heavy atom. The Kier molecular flexibility index (Phi) is 4.04. The number of hydrogen-bond acceptors (Lipinski definition) is 7. The van der Waals surface area contributed by atoms with Gasteiger partial charge in [0, 0.05) is 32.6 Å². The molecule has 10 heteroatoms. The van der Waals surface area contributed by atoms with Crippen LogP contribution in [0.15, 0.2) is 15.6 Å². The molecule has 0 aromatic carbocycles. The molecule has 0 fully saturated rings. The van der Waals surface area contributed by atoms with Gasteiger partial charge in [0.15, 0.2) is 11.6 Å². The summed E-state index contributed by atoms with van der Waals surface area (Å²) in [5, 5.41) is 7.58. The molecule has 0 aliphatic heterocycles. The van der Waals surface area contributed by atoms with Crippen LogP contribution in [0, 0.1) is 6.92 Å². The molecule has 2 rings (SSSR count). The number of nitrogen functional groups attached to an aromatic ring is 1. The lowest BCUT2D eigenvalue weighted by Gasteiger charge is -2.03. The summed E-state index contributed by atoms with van der Waals surface area (Å²) < 4.78 is 32.8. The first-order valence-electron chi connectivity index (χ1n) is 6.04. The number of hydrogen-bond donors (Lipinski definition) is 2. The number of nitrogens with two attached hydrogens (primary N) is 1. The fraction of sp³-hybridized carbons (Fsp3) is 0.500. The fourth-order valence-electron chi connectivity index (χ4n) is 1.60. The maximum absolute atomic E-state index is 12.1. The number of nitrogens with one attached hydrogen (secondary N) is 1. The van der Waals surface area contributed by atoms with Gasteiger partial charge in [-0.1, -0.05) is 5.16 Å². The zero-order valence-corrected chi connectivity index (χ0v) is 12.0. The predicted molar refractivity (Wildman–Crippen MR) is 70.2 cm³/mol. The molecule has 0 saturated heterocycles. The van der Waals surface area contributed by atoms with Gasteiger partial charge in [0.05, 0.1) is 0 Å². The summed E-state index contributed by atoms with van der Waals surface area (Å²) in [6.45, 7) is 4.20. The third kappa shape index (κ3) is 3.14. The second kappa shape index (κ2) is 5.59. The van der Waals surface area contributed by atoms with Crippen molar-refractivity contribution in [2.45, 2.75) is 31.7 Å². The summed E-state index contributed by atoms with van der Waals surface area (Å²) in [5.74, 6) is 0.869. The van der Waals surface area contributed by atoms with Gasteiger partial charge in [-0.25, -0.2) is 13.1 Å². The Morgan fingerprint density at radius 3 is 2.80 bits per heavy atom. The molecule has 2 heterocycles. The maximum Gasteiger partial charge on any atom is 0.245 e. The van der Waals surface area contributed by atoms with E-state index in [1.54, 1.807) is 6.92 Å². The van der Waals surface area contributed by atoms with Crippen LogP contribution in [-0.2, 0) is 23.0 Å². The lowest BCUT2D eigenvalue weighted by atomic mass is 10.4. The smallest absolute Gasteiger partial charge is 0.245 e. The van der Waals surface area contributed by atoms with Crippen LogP contribution < -0.4 is 10.5 Å². The van der Waals surface area contributed by atoms with E-state index in [-0.39, 0.29) is 17.3 Å². The minimum absolute atomic E-state index is 0.0187. The van der Waals surface area contributed by atoms with Crippen LogP contribution >= 0.6 is 0 Å². The molecule has 20 heavy (non-hydrogen) atoms. The van der Waals surface area contributed by atoms with Gasteiger partial charge >= 0.3 is 0 Å². The average molecular weight is 300 g/mol. The number of aryl methyl sites for hydroxylation is 2. The standard InChI is InChI=1S/C10H16N6O3S/c1-3-16-6-8(10(11)14-16)20(17,18)12-5-4-9-13-7(2)19-15-9/h6,12H,3-5H2,1-2H3,(H2,11,14). The molecule has 0 unspecified atom stereocenters. The Balaban J connectivity index is 2.01. The van der Waals surface area contributed by atoms with E-state index in [2.05, 4.69) is 20.0 Å². The highest BCUT2D eigenvalue weighted by Gasteiger charge is 2.20. The molecular formula is C10H16N6O3S. The molecule has 0 aliphatic carbocycles. The summed E-state index contributed by atoms with van der Waals surface area (Å²) in [6.07, 6.45) is 1.73. The molecule has 0 amide bonds. The van der Waals surface area contributed by atoms with Crippen LogP contribution in [0.3, 0.4) is 0 Å². The fourth-order valence-corrected chi connectivity index (χ4v) is 2.71. The molecule has 2 aromatic heterocycles. The minimum atomic E-state index is -3.69. The van der Waals surface area contributed by atoms with Crippen LogP contribution in [-0.4, -0.2) is 34.9 Å². The topological polar surface area (TPSA) is 129 Å². The highest BCUT2D eigenvalue weighted by atomic mass is 32.2. The zero-order valence-electron chi connectivity index (χ0n) is 11.2. The number of rotatable bonds is 6. The van der Waals surface area contributed by atoms with Gasteiger partial charge in [0.25, 0.3) is 0 Å². The molecule has 0 spiro atoms. The first kappa shape index (κ1) is 14.5. The second-order valence-electron chi connectivity index (χ2n) is 4.11. The Morgan fingerprint density at radius 1 is 1.50 bits per heavy atom. The van der Waals surface area contributed by atoms with Gasteiger partial charge in [0.1, 0.15) is 4.90 Å².